The van der Waals surface area contributed by atoms with Crippen molar-refractivity contribution in [3.63, 3.8) is 0 Å². The summed E-state index contributed by atoms with van der Waals surface area (Å²) in [6, 6.07) is 12.8. The highest BCUT2D eigenvalue weighted by molar-refractivity contribution is 9.10. The van der Waals surface area contributed by atoms with Crippen LogP contribution in [0.2, 0.25) is 0 Å². The minimum atomic E-state index is -0.280. The number of carbonyl (C=O) groups excluding carboxylic acids is 1. The molecule has 0 atom stereocenters. The summed E-state index contributed by atoms with van der Waals surface area (Å²) in [6.45, 7) is 4.07. The molecule has 1 N–H and O–H groups in total. The summed E-state index contributed by atoms with van der Waals surface area (Å²) in [5.74, 6) is 0.541. The molecule has 0 spiro atoms. The lowest BCUT2D eigenvalue weighted by atomic mass is 10.2. The van der Waals surface area contributed by atoms with Crippen molar-refractivity contribution in [3.05, 3.63) is 52.0 Å². The van der Waals surface area contributed by atoms with Gasteiger partial charge < -0.3 is 14.8 Å². The summed E-state index contributed by atoms with van der Waals surface area (Å²) in [4.78, 5) is 12.0. The first-order valence-electron chi connectivity index (χ1n) is 7.39. The van der Waals surface area contributed by atoms with Crippen molar-refractivity contribution in [1.29, 1.82) is 5.26 Å². The Morgan fingerprint density at radius 1 is 1.25 bits per heavy atom. The number of aryl methyl sites for hydroxylation is 1. The number of amides is 1. The third-order valence-corrected chi connectivity index (χ3v) is 3.71. The molecule has 0 radical (unpaired) electrons. The number of halogens is 1. The summed E-state index contributed by atoms with van der Waals surface area (Å²) in [6.07, 6.45) is 0. The molecule has 0 aromatic heterocycles. The molecule has 124 valence electrons. The van der Waals surface area contributed by atoms with Crippen molar-refractivity contribution in [2.45, 2.75) is 13.8 Å². The van der Waals surface area contributed by atoms with Gasteiger partial charge in [0.05, 0.1) is 22.7 Å². The minimum absolute atomic E-state index is 0.168. The zero-order valence-corrected chi connectivity index (χ0v) is 15.0. The largest absolute Gasteiger partial charge is 0.490 e. The number of nitrogens with one attached hydrogen (secondary N) is 1. The maximum Gasteiger partial charge on any atom is 0.262 e. The molecular weight excluding hydrogens is 372 g/mol. The Morgan fingerprint density at radius 2 is 1.96 bits per heavy atom. The minimum Gasteiger partial charge on any atom is -0.490 e. The van der Waals surface area contributed by atoms with Gasteiger partial charge in [-0.3, -0.25) is 4.79 Å². The number of hydrogen-bond acceptors (Lipinski definition) is 4. The molecule has 0 unspecified atom stereocenters. The van der Waals surface area contributed by atoms with Crippen LogP contribution in [0.4, 0.5) is 5.69 Å². The fraction of sp³-hybridized carbons (Fsp3) is 0.222. The molecule has 6 heteroatoms. The van der Waals surface area contributed by atoms with Gasteiger partial charge >= 0.3 is 0 Å². The van der Waals surface area contributed by atoms with Crippen LogP contribution in [0.5, 0.6) is 11.5 Å². The molecule has 24 heavy (non-hydrogen) atoms. The summed E-state index contributed by atoms with van der Waals surface area (Å²) < 4.78 is 11.6. The molecule has 2 aromatic carbocycles. The molecule has 0 fully saturated rings. The van der Waals surface area contributed by atoms with E-state index >= 15 is 0 Å². The van der Waals surface area contributed by atoms with Gasteiger partial charge in [0.25, 0.3) is 5.91 Å². The van der Waals surface area contributed by atoms with Crippen LogP contribution in [0.3, 0.4) is 0 Å². The lowest BCUT2D eigenvalue weighted by molar-refractivity contribution is -0.118. The lowest BCUT2D eigenvalue weighted by Gasteiger charge is -2.14. The summed E-state index contributed by atoms with van der Waals surface area (Å²) in [7, 11) is 0. The molecule has 2 rings (SSSR count). The van der Waals surface area contributed by atoms with Crippen LogP contribution in [0.15, 0.2) is 40.9 Å². The number of anilines is 1. The van der Waals surface area contributed by atoms with Crippen LogP contribution < -0.4 is 14.8 Å². The van der Waals surface area contributed by atoms with Crippen molar-refractivity contribution in [2.75, 3.05) is 18.5 Å². The highest BCUT2D eigenvalue weighted by Gasteiger charge is 2.14. The molecule has 0 bridgehead atoms. The Kier molecular flexibility index (Phi) is 6.21. The fourth-order valence-corrected chi connectivity index (χ4v) is 2.56. The smallest absolute Gasteiger partial charge is 0.262 e. The zero-order valence-electron chi connectivity index (χ0n) is 13.4. The highest BCUT2D eigenvalue weighted by Crippen LogP contribution is 2.36. The lowest BCUT2D eigenvalue weighted by Crippen LogP contribution is -2.20. The van der Waals surface area contributed by atoms with Gasteiger partial charge in [-0.25, -0.2) is 0 Å². The maximum absolute atomic E-state index is 12.0. The van der Waals surface area contributed by atoms with Crippen LogP contribution in [0.1, 0.15) is 18.1 Å². The number of benzene rings is 2. The van der Waals surface area contributed by atoms with E-state index in [4.69, 9.17) is 14.7 Å². The van der Waals surface area contributed by atoms with Gasteiger partial charge in [0, 0.05) is 11.8 Å². The topological polar surface area (TPSA) is 71.3 Å². The molecule has 1 amide bonds. The van der Waals surface area contributed by atoms with Gasteiger partial charge in [-0.05, 0) is 48.0 Å². The van der Waals surface area contributed by atoms with Crippen molar-refractivity contribution in [3.8, 4) is 17.6 Å². The van der Waals surface area contributed by atoms with Crippen molar-refractivity contribution >= 4 is 27.5 Å². The summed E-state index contributed by atoms with van der Waals surface area (Å²) in [5.41, 5.74) is 2.27. The molecule has 2 aromatic rings. The van der Waals surface area contributed by atoms with Crippen LogP contribution in [-0.2, 0) is 4.79 Å². The first kappa shape index (κ1) is 17.8. The molecule has 0 saturated carbocycles. The number of rotatable bonds is 6. The van der Waals surface area contributed by atoms with Crippen LogP contribution in [0.25, 0.3) is 0 Å². The van der Waals surface area contributed by atoms with Gasteiger partial charge in [0.15, 0.2) is 18.1 Å². The number of hydrogen-bond donors (Lipinski definition) is 1. The Bertz CT molecular complexity index is 767. The van der Waals surface area contributed by atoms with Crippen LogP contribution in [0, 0.1) is 18.3 Å². The number of ether oxygens (including phenoxy) is 2. The normalized spacial score (nSPS) is 9.92. The van der Waals surface area contributed by atoms with E-state index in [9.17, 15) is 4.79 Å². The maximum atomic E-state index is 12.0. The second kappa shape index (κ2) is 8.37. The first-order chi connectivity index (χ1) is 11.5. The second-order valence-electron chi connectivity index (χ2n) is 5.03. The molecule has 0 aliphatic heterocycles. The van der Waals surface area contributed by atoms with E-state index in [0.717, 1.165) is 5.56 Å². The number of nitriles is 1. The Balaban J connectivity index is 2.06. The predicted molar refractivity (Wildman–Crippen MR) is 95.3 cm³/mol. The average molecular weight is 389 g/mol. The monoisotopic (exact) mass is 388 g/mol. The quantitative estimate of drug-likeness (QED) is 0.809. The molecule has 0 aliphatic carbocycles. The molecular formula is C18H17BrN2O3. The van der Waals surface area contributed by atoms with E-state index in [2.05, 4.69) is 27.3 Å². The van der Waals surface area contributed by atoms with E-state index in [1.807, 2.05) is 38.1 Å². The van der Waals surface area contributed by atoms with Crippen LogP contribution in [-0.4, -0.2) is 19.1 Å². The van der Waals surface area contributed by atoms with Gasteiger partial charge in [-0.1, -0.05) is 17.7 Å². The molecule has 5 nitrogen and oxygen atoms in total. The summed E-state index contributed by atoms with van der Waals surface area (Å²) >= 11 is 3.35. The van der Waals surface area contributed by atoms with Gasteiger partial charge in [0.2, 0.25) is 0 Å². The van der Waals surface area contributed by atoms with E-state index in [1.54, 1.807) is 12.1 Å². The Labute approximate surface area is 149 Å². The third-order valence-electron chi connectivity index (χ3n) is 3.12. The number of nitrogens with zero attached hydrogens (tertiary/aromatic N) is 1. The molecule has 0 saturated heterocycles. The predicted octanol–water partition coefficient (Wildman–Crippen LogP) is 4.05. The van der Waals surface area contributed by atoms with Gasteiger partial charge in [-0.15, -0.1) is 0 Å². The SMILES string of the molecule is CCOc1cc(C#N)cc(Br)c1OCC(=O)Nc1ccc(C)cc1. The zero-order chi connectivity index (χ0) is 17.5. The fourth-order valence-electron chi connectivity index (χ4n) is 2.01. The Hall–Kier alpha value is -2.52. The standard InChI is InChI=1S/C18H17BrN2O3/c1-3-23-16-9-13(10-20)8-15(19)18(16)24-11-17(22)21-14-6-4-12(2)5-7-14/h4-9H,3,11H2,1-2H3,(H,21,22). The Morgan fingerprint density at radius 3 is 2.58 bits per heavy atom. The summed E-state index contributed by atoms with van der Waals surface area (Å²) in [5, 5.41) is 11.8. The van der Waals surface area contributed by atoms with E-state index < -0.39 is 0 Å². The van der Waals surface area contributed by atoms with E-state index in [1.165, 1.54) is 0 Å². The highest BCUT2D eigenvalue weighted by atomic mass is 79.9. The molecule has 0 heterocycles. The first-order valence-corrected chi connectivity index (χ1v) is 8.18. The second-order valence-corrected chi connectivity index (χ2v) is 5.89. The van der Waals surface area contributed by atoms with E-state index in [0.29, 0.717) is 33.8 Å². The van der Waals surface area contributed by atoms with Crippen molar-refractivity contribution < 1.29 is 14.3 Å². The van der Waals surface area contributed by atoms with Gasteiger partial charge in [0.1, 0.15) is 0 Å². The van der Waals surface area contributed by atoms with Gasteiger partial charge in [-0.2, -0.15) is 5.26 Å². The number of carbonyl (C=O) groups is 1. The molecule has 0 aliphatic rings. The van der Waals surface area contributed by atoms with Crippen LogP contribution >= 0.6 is 15.9 Å². The third kappa shape index (κ3) is 4.74. The van der Waals surface area contributed by atoms with E-state index in [-0.39, 0.29) is 12.5 Å². The average Bonchev–Trinajstić information content (AvgIpc) is 2.56. The van der Waals surface area contributed by atoms with Crippen molar-refractivity contribution in [2.24, 2.45) is 0 Å². The van der Waals surface area contributed by atoms with Crippen molar-refractivity contribution in [1.82, 2.24) is 0 Å².